The van der Waals surface area contributed by atoms with Gasteiger partial charge >= 0.3 is 0 Å². The van der Waals surface area contributed by atoms with Crippen molar-refractivity contribution in [3.63, 3.8) is 0 Å². The first-order valence-corrected chi connectivity index (χ1v) is 5.30. The second kappa shape index (κ2) is 3.99. The predicted molar refractivity (Wildman–Crippen MR) is 61.2 cm³/mol. The van der Waals surface area contributed by atoms with Gasteiger partial charge < -0.3 is 5.73 Å². The summed E-state index contributed by atoms with van der Waals surface area (Å²) in [7, 11) is 0. The largest absolute Gasteiger partial charge is 0.330 e. The third-order valence-corrected chi connectivity index (χ3v) is 3.09. The van der Waals surface area contributed by atoms with Crippen molar-refractivity contribution in [3.05, 3.63) is 33.3 Å². The highest BCUT2D eigenvalue weighted by Gasteiger charge is 2.21. The van der Waals surface area contributed by atoms with Crippen molar-refractivity contribution in [2.45, 2.75) is 19.3 Å². The van der Waals surface area contributed by atoms with Crippen LogP contribution in [0.2, 0.25) is 5.02 Å². The summed E-state index contributed by atoms with van der Waals surface area (Å²) >= 11 is 9.41. The standard InChI is InChI=1S/C10H13BrClN/c1-10(2,6-13)8-5-7(12)3-4-9(8)11/h3-5H,6,13H2,1-2H3. The van der Waals surface area contributed by atoms with Crippen molar-refractivity contribution in [2.24, 2.45) is 5.73 Å². The van der Waals surface area contributed by atoms with E-state index in [1.54, 1.807) is 0 Å². The van der Waals surface area contributed by atoms with E-state index in [2.05, 4.69) is 29.8 Å². The van der Waals surface area contributed by atoms with Crippen LogP contribution >= 0.6 is 27.5 Å². The molecule has 0 saturated heterocycles. The van der Waals surface area contributed by atoms with Crippen LogP contribution in [0.5, 0.6) is 0 Å². The van der Waals surface area contributed by atoms with Gasteiger partial charge in [-0.15, -0.1) is 0 Å². The Morgan fingerprint density at radius 2 is 2.08 bits per heavy atom. The summed E-state index contributed by atoms with van der Waals surface area (Å²) in [6.07, 6.45) is 0. The molecule has 0 aliphatic heterocycles. The summed E-state index contributed by atoms with van der Waals surface area (Å²) in [6.45, 7) is 4.80. The lowest BCUT2D eigenvalue weighted by Crippen LogP contribution is -2.28. The summed E-state index contributed by atoms with van der Waals surface area (Å²) in [4.78, 5) is 0. The van der Waals surface area contributed by atoms with Gasteiger partial charge in [0, 0.05) is 21.5 Å². The molecule has 0 aromatic heterocycles. The molecule has 0 unspecified atom stereocenters. The maximum absolute atomic E-state index is 5.92. The quantitative estimate of drug-likeness (QED) is 0.869. The lowest BCUT2D eigenvalue weighted by Gasteiger charge is -2.24. The van der Waals surface area contributed by atoms with E-state index in [1.807, 2.05) is 18.2 Å². The summed E-state index contributed by atoms with van der Waals surface area (Å²) in [6, 6.07) is 5.77. The molecule has 0 heterocycles. The first-order valence-electron chi connectivity index (χ1n) is 4.13. The Labute approximate surface area is 92.4 Å². The normalized spacial score (nSPS) is 11.8. The number of benzene rings is 1. The molecule has 0 amide bonds. The molecule has 0 bridgehead atoms. The molecule has 1 nitrogen and oxygen atoms in total. The van der Waals surface area contributed by atoms with E-state index in [4.69, 9.17) is 17.3 Å². The van der Waals surface area contributed by atoms with Crippen LogP contribution in [0, 0.1) is 0 Å². The Morgan fingerprint density at radius 3 is 2.62 bits per heavy atom. The van der Waals surface area contributed by atoms with Gasteiger partial charge in [-0.2, -0.15) is 0 Å². The number of hydrogen-bond donors (Lipinski definition) is 1. The topological polar surface area (TPSA) is 26.0 Å². The van der Waals surface area contributed by atoms with Crippen LogP contribution in [0.3, 0.4) is 0 Å². The van der Waals surface area contributed by atoms with E-state index >= 15 is 0 Å². The molecule has 0 fully saturated rings. The molecule has 3 heteroatoms. The number of rotatable bonds is 2. The lowest BCUT2D eigenvalue weighted by molar-refractivity contribution is 0.536. The molecular weight excluding hydrogens is 249 g/mol. The predicted octanol–water partition coefficient (Wildman–Crippen LogP) is 3.34. The van der Waals surface area contributed by atoms with Crippen LogP contribution in [0.1, 0.15) is 19.4 Å². The smallest absolute Gasteiger partial charge is 0.0409 e. The van der Waals surface area contributed by atoms with Gasteiger partial charge in [0.1, 0.15) is 0 Å². The highest BCUT2D eigenvalue weighted by Crippen LogP contribution is 2.31. The summed E-state index contributed by atoms with van der Waals surface area (Å²) in [5, 5.41) is 0.750. The molecular formula is C10H13BrClN. The first kappa shape index (κ1) is 11.0. The summed E-state index contributed by atoms with van der Waals surface area (Å²) in [5.41, 5.74) is 6.81. The maximum Gasteiger partial charge on any atom is 0.0409 e. The van der Waals surface area contributed by atoms with Crippen LogP contribution < -0.4 is 5.73 Å². The van der Waals surface area contributed by atoms with Crippen molar-refractivity contribution < 1.29 is 0 Å². The number of hydrogen-bond acceptors (Lipinski definition) is 1. The molecule has 1 aromatic rings. The van der Waals surface area contributed by atoms with Crippen molar-refractivity contribution >= 4 is 27.5 Å². The van der Waals surface area contributed by atoms with E-state index < -0.39 is 0 Å². The van der Waals surface area contributed by atoms with Crippen LogP contribution in [-0.2, 0) is 5.41 Å². The van der Waals surface area contributed by atoms with Crippen molar-refractivity contribution in [3.8, 4) is 0 Å². The third kappa shape index (κ3) is 2.46. The molecule has 1 rings (SSSR count). The molecule has 0 saturated carbocycles. The molecule has 0 aliphatic carbocycles. The van der Waals surface area contributed by atoms with E-state index in [0.717, 1.165) is 15.1 Å². The van der Waals surface area contributed by atoms with Crippen LogP contribution in [-0.4, -0.2) is 6.54 Å². The average molecular weight is 263 g/mol. The van der Waals surface area contributed by atoms with E-state index in [-0.39, 0.29) is 5.41 Å². The highest BCUT2D eigenvalue weighted by atomic mass is 79.9. The molecule has 0 spiro atoms. The molecule has 1 aromatic carbocycles. The molecule has 0 radical (unpaired) electrons. The average Bonchev–Trinajstić information content (AvgIpc) is 2.09. The molecule has 13 heavy (non-hydrogen) atoms. The third-order valence-electron chi connectivity index (χ3n) is 2.17. The van der Waals surface area contributed by atoms with Crippen molar-refractivity contribution in [1.82, 2.24) is 0 Å². The van der Waals surface area contributed by atoms with Gasteiger partial charge in [-0.1, -0.05) is 41.4 Å². The van der Waals surface area contributed by atoms with Crippen molar-refractivity contribution in [2.75, 3.05) is 6.54 Å². The van der Waals surface area contributed by atoms with Crippen molar-refractivity contribution in [1.29, 1.82) is 0 Å². The minimum atomic E-state index is -0.0380. The maximum atomic E-state index is 5.92. The lowest BCUT2D eigenvalue weighted by atomic mass is 9.85. The molecule has 0 aliphatic rings. The highest BCUT2D eigenvalue weighted by molar-refractivity contribution is 9.10. The van der Waals surface area contributed by atoms with Gasteiger partial charge in [-0.25, -0.2) is 0 Å². The van der Waals surface area contributed by atoms with E-state index in [1.165, 1.54) is 0 Å². The summed E-state index contributed by atoms with van der Waals surface area (Å²) in [5.74, 6) is 0. The Bertz CT molecular complexity index is 310. The van der Waals surface area contributed by atoms with E-state index in [0.29, 0.717) is 6.54 Å². The van der Waals surface area contributed by atoms with Gasteiger partial charge in [0.25, 0.3) is 0 Å². The number of halogens is 2. The zero-order valence-corrected chi connectivity index (χ0v) is 10.1. The first-order chi connectivity index (χ1) is 5.97. The van der Waals surface area contributed by atoms with Gasteiger partial charge in [0.05, 0.1) is 0 Å². The Balaban J connectivity index is 3.20. The van der Waals surface area contributed by atoms with Gasteiger partial charge in [0.2, 0.25) is 0 Å². The van der Waals surface area contributed by atoms with Gasteiger partial charge in [-0.05, 0) is 23.8 Å². The van der Waals surface area contributed by atoms with Gasteiger partial charge in [0.15, 0.2) is 0 Å². The second-order valence-electron chi connectivity index (χ2n) is 3.71. The van der Waals surface area contributed by atoms with E-state index in [9.17, 15) is 0 Å². The SMILES string of the molecule is CC(C)(CN)c1cc(Cl)ccc1Br. The zero-order valence-electron chi connectivity index (χ0n) is 7.77. The second-order valence-corrected chi connectivity index (χ2v) is 5.00. The molecule has 72 valence electrons. The van der Waals surface area contributed by atoms with Crippen LogP contribution in [0.4, 0.5) is 0 Å². The Morgan fingerprint density at radius 1 is 1.46 bits per heavy atom. The van der Waals surface area contributed by atoms with Crippen LogP contribution in [0.25, 0.3) is 0 Å². The summed E-state index contributed by atoms with van der Waals surface area (Å²) < 4.78 is 1.06. The zero-order chi connectivity index (χ0) is 10.1. The molecule has 0 atom stereocenters. The Hall–Kier alpha value is -0.0500. The molecule has 2 N–H and O–H groups in total. The fourth-order valence-electron chi connectivity index (χ4n) is 1.13. The fourth-order valence-corrected chi connectivity index (χ4v) is 2.08. The fraction of sp³-hybridized carbons (Fsp3) is 0.400. The minimum Gasteiger partial charge on any atom is -0.330 e. The Kier molecular flexibility index (Phi) is 3.38. The minimum absolute atomic E-state index is 0.0380. The monoisotopic (exact) mass is 261 g/mol. The van der Waals surface area contributed by atoms with Gasteiger partial charge in [-0.3, -0.25) is 0 Å². The number of nitrogens with two attached hydrogens (primary N) is 1. The van der Waals surface area contributed by atoms with Crippen LogP contribution in [0.15, 0.2) is 22.7 Å².